The van der Waals surface area contributed by atoms with Gasteiger partial charge >= 0.3 is 0 Å². The molecule has 1 aromatic carbocycles. The molecule has 0 radical (unpaired) electrons. The maximum atomic E-state index is 11.7. The number of piperazine rings is 1. The number of carbonyl (C=O) groups is 2. The second-order valence-electron chi connectivity index (χ2n) is 5.13. The SMILES string of the molecule is CC(CC=O)c1ccc(N2CCN(C)C(=O)C2)cc1. The van der Waals surface area contributed by atoms with Crippen LogP contribution < -0.4 is 4.90 Å². The van der Waals surface area contributed by atoms with E-state index >= 15 is 0 Å². The van der Waals surface area contributed by atoms with Gasteiger partial charge in [-0.3, -0.25) is 4.79 Å². The number of anilines is 1. The lowest BCUT2D eigenvalue weighted by atomic mass is 9.98. The van der Waals surface area contributed by atoms with Crippen molar-refractivity contribution in [2.45, 2.75) is 19.3 Å². The van der Waals surface area contributed by atoms with E-state index in [0.29, 0.717) is 13.0 Å². The van der Waals surface area contributed by atoms with E-state index in [0.717, 1.165) is 30.6 Å². The molecule has 1 aromatic rings. The quantitative estimate of drug-likeness (QED) is 0.773. The number of likely N-dealkylation sites (N-methyl/N-ethyl adjacent to an activating group) is 1. The maximum Gasteiger partial charge on any atom is 0.241 e. The van der Waals surface area contributed by atoms with Crippen LogP contribution in [-0.2, 0) is 9.59 Å². The van der Waals surface area contributed by atoms with Crippen molar-refractivity contribution in [2.24, 2.45) is 0 Å². The number of aldehydes is 1. The van der Waals surface area contributed by atoms with E-state index in [4.69, 9.17) is 0 Å². The van der Waals surface area contributed by atoms with Gasteiger partial charge in [-0.05, 0) is 23.6 Å². The molecule has 0 saturated carbocycles. The lowest BCUT2D eigenvalue weighted by Gasteiger charge is -2.33. The standard InChI is InChI=1S/C15H20N2O2/c1-12(7-10-18)13-3-5-14(6-4-13)17-9-8-16(2)15(19)11-17/h3-6,10,12H,7-9,11H2,1-2H3. The van der Waals surface area contributed by atoms with Crippen LogP contribution >= 0.6 is 0 Å². The molecule has 2 rings (SSSR count). The molecule has 1 heterocycles. The zero-order valence-electron chi connectivity index (χ0n) is 11.5. The molecular formula is C15H20N2O2. The van der Waals surface area contributed by atoms with Crippen LogP contribution in [0.15, 0.2) is 24.3 Å². The van der Waals surface area contributed by atoms with Crippen molar-refractivity contribution in [2.75, 3.05) is 31.6 Å². The van der Waals surface area contributed by atoms with Crippen LogP contribution in [0.4, 0.5) is 5.69 Å². The summed E-state index contributed by atoms with van der Waals surface area (Å²) in [6.45, 7) is 4.12. The molecule has 1 atom stereocenters. The minimum Gasteiger partial charge on any atom is -0.360 e. The lowest BCUT2D eigenvalue weighted by molar-refractivity contribution is -0.129. The van der Waals surface area contributed by atoms with E-state index < -0.39 is 0 Å². The van der Waals surface area contributed by atoms with Gasteiger partial charge in [0.05, 0.1) is 6.54 Å². The van der Waals surface area contributed by atoms with Gasteiger partial charge in [0, 0.05) is 32.2 Å². The molecule has 4 heteroatoms. The number of hydrogen-bond acceptors (Lipinski definition) is 3. The average molecular weight is 260 g/mol. The Morgan fingerprint density at radius 2 is 1.95 bits per heavy atom. The van der Waals surface area contributed by atoms with E-state index in [-0.39, 0.29) is 11.8 Å². The Hall–Kier alpha value is -1.84. The molecular weight excluding hydrogens is 240 g/mol. The molecule has 1 unspecified atom stereocenters. The van der Waals surface area contributed by atoms with Crippen molar-refractivity contribution >= 4 is 17.9 Å². The monoisotopic (exact) mass is 260 g/mol. The second-order valence-corrected chi connectivity index (χ2v) is 5.13. The molecule has 0 N–H and O–H groups in total. The Morgan fingerprint density at radius 3 is 2.53 bits per heavy atom. The Labute approximate surface area is 114 Å². The minimum absolute atomic E-state index is 0.157. The topological polar surface area (TPSA) is 40.6 Å². The summed E-state index contributed by atoms with van der Waals surface area (Å²) in [4.78, 5) is 26.1. The minimum atomic E-state index is 0.157. The highest BCUT2D eigenvalue weighted by molar-refractivity contribution is 5.82. The van der Waals surface area contributed by atoms with Crippen LogP contribution in [0.2, 0.25) is 0 Å². The number of rotatable bonds is 4. The molecule has 1 aliphatic heterocycles. The first kappa shape index (κ1) is 13.6. The molecule has 102 valence electrons. The van der Waals surface area contributed by atoms with E-state index in [1.54, 1.807) is 4.90 Å². The summed E-state index contributed by atoms with van der Waals surface area (Å²) >= 11 is 0. The van der Waals surface area contributed by atoms with E-state index in [2.05, 4.69) is 4.90 Å². The fourth-order valence-electron chi connectivity index (χ4n) is 2.27. The first-order valence-electron chi connectivity index (χ1n) is 6.64. The Kier molecular flexibility index (Phi) is 4.20. The summed E-state index contributed by atoms with van der Waals surface area (Å²) in [5.74, 6) is 0.408. The third-order valence-electron chi connectivity index (χ3n) is 3.73. The number of benzene rings is 1. The molecule has 1 fully saturated rings. The first-order chi connectivity index (χ1) is 9.11. The summed E-state index contributed by atoms with van der Waals surface area (Å²) in [7, 11) is 1.84. The number of amides is 1. The van der Waals surface area contributed by atoms with Crippen molar-refractivity contribution in [3.63, 3.8) is 0 Å². The Bertz CT molecular complexity index is 456. The van der Waals surface area contributed by atoms with Gasteiger partial charge in [-0.1, -0.05) is 19.1 Å². The zero-order chi connectivity index (χ0) is 13.8. The molecule has 0 aliphatic carbocycles. The van der Waals surface area contributed by atoms with Crippen LogP contribution in [0.1, 0.15) is 24.8 Å². The third-order valence-corrected chi connectivity index (χ3v) is 3.73. The number of carbonyl (C=O) groups excluding carboxylic acids is 2. The van der Waals surface area contributed by atoms with Crippen LogP contribution in [-0.4, -0.2) is 43.8 Å². The van der Waals surface area contributed by atoms with Crippen LogP contribution in [0, 0.1) is 0 Å². The zero-order valence-corrected chi connectivity index (χ0v) is 11.5. The highest BCUT2D eigenvalue weighted by Crippen LogP contribution is 2.22. The van der Waals surface area contributed by atoms with Gasteiger partial charge < -0.3 is 14.6 Å². The fraction of sp³-hybridized carbons (Fsp3) is 0.467. The number of nitrogens with zero attached hydrogens (tertiary/aromatic N) is 2. The van der Waals surface area contributed by atoms with E-state index in [9.17, 15) is 9.59 Å². The third kappa shape index (κ3) is 3.13. The van der Waals surface area contributed by atoms with E-state index in [1.807, 2.05) is 38.2 Å². The highest BCUT2D eigenvalue weighted by atomic mass is 16.2. The summed E-state index contributed by atoms with van der Waals surface area (Å²) in [6.07, 6.45) is 1.50. The van der Waals surface area contributed by atoms with Crippen LogP contribution in [0.25, 0.3) is 0 Å². The number of hydrogen-bond donors (Lipinski definition) is 0. The second kappa shape index (κ2) is 5.87. The molecule has 1 aliphatic rings. The summed E-state index contributed by atoms with van der Waals surface area (Å²) in [6, 6.07) is 8.17. The predicted octanol–water partition coefficient (Wildman–Crippen LogP) is 1.66. The Morgan fingerprint density at radius 1 is 1.26 bits per heavy atom. The van der Waals surface area contributed by atoms with Gasteiger partial charge in [0.2, 0.25) is 5.91 Å². The molecule has 4 nitrogen and oxygen atoms in total. The van der Waals surface area contributed by atoms with Crippen molar-refractivity contribution in [3.8, 4) is 0 Å². The van der Waals surface area contributed by atoms with Crippen molar-refractivity contribution < 1.29 is 9.59 Å². The molecule has 0 bridgehead atoms. The largest absolute Gasteiger partial charge is 0.360 e. The molecule has 19 heavy (non-hydrogen) atoms. The van der Waals surface area contributed by atoms with Crippen molar-refractivity contribution in [3.05, 3.63) is 29.8 Å². The maximum absolute atomic E-state index is 11.7. The van der Waals surface area contributed by atoms with Gasteiger partial charge in [0.25, 0.3) is 0 Å². The van der Waals surface area contributed by atoms with Gasteiger partial charge in [-0.15, -0.1) is 0 Å². The summed E-state index contributed by atoms with van der Waals surface area (Å²) < 4.78 is 0. The van der Waals surface area contributed by atoms with Gasteiger partial charge in [-0.2, -0.15) is 0 Å². The Balaban J connectivity index is 2.06. The first-order valence-corrected chi connectivity index (χ1v) is 6.64. The van der Waals surface area contributed by atoms with Gasteiger partial charge in [0.15, 0.2) is 0 Å². The average Bonchev–Trinajstić information content (AvgIpc) is 2.42. The predicted molar refractivity (Wildman–Crippen MR) is 75.4 cm³/mol. The van der Waals surface area contributed by atoms with Gasteiger partial charge in [-0.25, -0.2) is 0 Å². The summed E-state index contributed by atoms with van der Waals surface area (Å²) in [5, 5.41) is 0. The molecule has 1 saturated heterocycles. The van der Waals surface area contributed by atoms with Crippen LogP contribution in [0.5, 0.6) is 0 Å². The normalized spacial score (nSPS) is 17.5. The van der Waals surface area contributed by atoms with Crippen molar-refractivity contribution in [1.82, 2.24) is 4.90 Å². The van der Waals surface area contributed by atoms with Gasteiger partial charge in [0.1, 0.15) is 6.29 Å². The summed E-state index contributed by atoms with van der Waals surface area (Å²) in [5.41, 5.74) is 2.24. The highest BCUT2D eigenvalue weighted by Gasteiger charge is 2.21. The molecule has 0 spiro atoms. The van der Waals surface area contributed by atoms with Crippen LogP contribution in [0.3, 0.4) is 0 Å². The van der Waals surface area contributed by atoms with E-state index in [1.165, 1.54) is 0 Å². The fourth-order valence-corrected chi connectivity index (χ4v) is 2.27. The molecule has 1 amide bonds. The molecule has 0 aromatic heterocycles. The van der Waals surface area contributed by atoms with Crippen molar-refractivity contribution in [1.29, 1.82) is 0 Å². The smallest absolute Gasteiger partial charge is 0.241 e. The lowest BCUT2D eigenvalue weighted by Crippen LogP contribution is -2.48.